The standard InChI is InChI=1S/C28H25Br2N3O2/c1-20-6-5-7-21(14-20)19-35-27-25(29)16-22(17-26(27)30)15-23(18-31)28(34)33-12-10-32(11-13-33)24-8-3-2-4-9-24/h2-9,14-17H,10-13,19H2,1H3/b23-15-. The maximum absolute atomic E-state index is 13.1. The van der Waals surface area contributed by atoms with Crippen molar-refractivity contribution in [3.63, 3.8) is 0 Å². The summed E-state index contributed by atoms with van der Waals surface area (Å²) in [7, 11) is 0. The van der Waals surface area contributed by atoms with Gasteiger partial charge in [0, 0.05) is 31.9 Å². The first-order valence-corrected chi connectivity index (χ1v) is 12.9. The van der Waals surface area contributed by atoms with E-state index in [0.717, 1.165) is 38.8 Å². The summed E-state index contributed by atoms with van der Waals surface area (Å²) in [6.07, 6.45) is 1.63. The van der Waals surface area contributed by atoms with Gasteiger partial charge in [0.15, 0.2) is 0 Å². The van der Waals surface area contributed by atoms with Gasteiger partial charge < -0.3 is 14.5 Å². The average Bonchev–Trinajstić information content (AvgIpc) is 2.87. The van der Waals surface area contributed by atoms with Gasteiger partial charge in [-0.05, 0) is 80.3 Å². The van der Waals surface area contributed by atoms with Gasteiger partial charge >= 0.3 is 0 Å². The predicted molar refractivity (Wildman–Crippen MR) is 146 cm³/mol. The zero-order valence-corrected chi connectivity index (χ0v) is 22.5. The fourth-order valence-corrected chi connectivity index (χ4v) is 5.49. The first-order chi connectivity index (χ1) is 16.9. The predicted octanol–water partition coefficient (Wildman–Crippen LogP) is 6.35. The molecule has 0 aliphatic carbocycles. The maximum Gasteiger partial charge on any atom is 0.264 e. The summed E-state index contributed by atoms with van der Waals surface area (Å²) in [6, 6.07) is 24.1. The highest BCUT2D eigenvalue weighted by molar-refractivity contribution is 9.11. The van der Waals surface area contributed by atoms with Gasteiger partial charge in [-0.2, -0.15) is 5.26 Å². The number of carbonyl (C=O) groups excluding carboxylic acids is 1. The highest BCUT2D eigenvalue weighted by atomic mass is 79.9. The van der Waals surface area contributed by atoms with Crippen LogP contribution in [0.15, 0.2) is 81.2 Å². The molecule has 0 atom stereocenters. The number of amides is 1. The van der Waals surface area contributed by atoms with Crippen LogP contribution < -0.4 is 9.64 Å². The summed E-state index contributed by atoms with van der Waals surface area (Å²) >= 11 is 7.14. The molecule has 0 radical (unpaired) electrons. The van der Waals surface area contributed by atoms with Crippen LogP contribution in [0.1, 0.15) is 16.7 Å². The lowest BCUT2D eigenvalue weighted by Gasteiger charge is -2.36. The first-order valence-electron chi connectivity index (χ1n) is 11.3. The summed E-state index contributed by atoms with van der Waals surface area (Å²) in [5.74, 6) is 0.428. The van der Waals surface area contributed by atoms with Crippen LogP contribution in [0.2, 0.25) is 0 Å². The van der Waals surface area contributed by atoms with Gasteiger partial charge in [0.2, 0.25) is 0 Å². The highest BCUT2D eigenvalue weighted by Gasteiger charge is 2.24. The van der Waals surface area contributed by atoms with Gasteiger partial charge in [-0.3, -0.25) is 4.79 Å². The molecule has 1 aliphatic rings. The van der Waals surface area contributed by atoms with Gasteiger partial charge in [0.05, 0.1) is 8.95 Å². The zero-order chi connectivity index (χ0) is 24.8. The maximum atomic E-state index is 13.1. The van der Waals surface area contributed by atoms with Crippen LogP contribution in [0.3, 0.4) is 0 Å². The minimum atomic E-state index is -0.243. The molecule has 1 amide bonds. The van der Waals surface area contributed by atoms with Crippen LogP contribution in [0.5, 0.6) is 5.75 Å². The third kappa shape index (κ3) is 6.33. The van der Waals surface area contributed by atoms with Crippen molar-refractivity contribution in [3.05, 3.63) is 97.9 Å². The molecule has 0 aromatic heterocycles. The Labute approximate surface area is 222 Å². The third-order valence-corrected chi connectivity index (χ3v) is 7.01. The van der Waals surface area contributed by atoms with Crippen LogP contribution in [0.25, 0.3) is 6.08 Å². The number of benzene rings is 3. The molecule has 3 aromatic carbocycles. The lowest BCUT2D eigenvalue weighted by Crippen LogP contribution is -2.49. The lowest BCUT2D eigenvalue weighted by molar-refractivity contribution is -0.126. The Morgan fingerprint density at radius 2 is 1.69 bits per heavy atom. The van der Waals surface area contributed by atoms with Gasteiger partial charge in [0.1, 0.15) is 24.0 Å². The third-order valence-electron chi connectivity index (χ3n) is 5.84. The normalized spacial score (nSPS) is 13.9. The molecule has 3 aromatic rings. The van der Waals surface area contributed by atoms with Crippen LogP contribution in [0.4, 0.5) is 5.69 Å². The average molecular weight is 595 g/mol. The number of carbonyl (C=O) groups is 1. The summed E-state index contributed by atoms with van der Waals surface area (Å²) in [6.45, 7) is 5.10. The number of halogens is 2. The van der Waals surface area contributed by atoms with Crippen molar-refractivity contribution in [2.75, 3.05) is 31.1 Å². The van der Waals surface area contributed by atoms with Gasteiger partial charge in [-0.25, -0.2) is 0 Å². The van der Waals surface area contributed by atoms with E-state index in [2.05, 4.69) is 61.0 Å². The second-order valence-corrected chi connectivity index (χ2v) is 10.1. The van der Waals surface area contributed by atoms with E-state index in [1.165, 1.54) is 5.56 Å². The number of hydrogen-bond acceptors (Lipinski definition) is 4. The number of rotatable bonds is 6. The molecule has 0 saturated carbocycles. The van der Waals surface area contributed by atoms with E-state index in [0.29, 0.717) is 25.4 Å². The quantitative estimate of drug-likeness (QED) is 0.246. The van der Waals surface area contributed by atoms with E-state index >= 15 is 0 Å². The van der Waals surface area contributed by atoms with E-state index in [1.807, 2.05) is 55.5 Å². The molecule has 1 heterocycles. The summed E-state index contributed by atoms with van der Waals surface area (Å²) in [5, 5.41) is 9.72. The highest BCUT2D eigenvalue weighted by Crippen LogP contribution is 2.36. The van der Waals surface area contributed by atoms with Crippen LogP contribution in [0, 0.1) is 18.3 Å². The van der Waals surface area contributed by atoms with E-state index in [1.54, 1.807) is 11.0 Å². The molecule has 0 unspecified atom stereocenters. The fourth-order valence-electron chi connectivity index (χ4n) is 4.04. The van der Waals surface area contributed by atoms with E-state index in [9.17, 15) is 10.1 Å². The van der Waals surface area contributed by atoms with Crippen molar-refractivity contribution in [2.24, 2.45) is 0 Å². The molecule has 4 rings (SSSR count). The molecule has 1 aliphatic heterocycles. The summed E-state index contributed by atoms with van der Waals surface area (Å²) < 4.78 is 7.51. The van der Waals surface area contributed by atoms with Crippen molar-refractivity contribution in [1.29, 1.82) is 5.26 Å². The number of nitrogens with zero attached hydrogens (tertiary/aromatic N) is 3. The van der Waals surface area contributed by atoms with Crippen LogP contribution in [-0.2, 0) is 11.4 Å². The Kier molecular flexibility index (Phi) is 8.27. The molecule has 35 heavy (non-hydrogen) atoms. The van der Waals surface area contributed by atoms with Crippen LogP contribution >= 0.6 is 31.9 Å². The van der Waals surface area contributed by atoms with Crippen molar-refractivity contribution >= 4 is 49.5 Å². The molecule has 7 heteroatoms. The summed E-state index contributed by atoms with van der Waals surface area (Å²) in [4.78, 5) is 17.1. The molecule has 1 fully saturated rings. The smallest absolute Gasteiger partial charge is 0.264 e. The number of anilines is 1. The molecule has 5 nitrogen and oxygen atoms in total. The van der Waals surface area contributed by atoms with Crippen molar-refractivity contribution in [2.45, 2.75) is 13.5 Å². The monoisotopic (exact) mass is 593 g/mol. The van der Waals surface area contributed by atoms with E-state index in [4.69, 9.17) is 4.74 Å². The molecule has 0 spiro atoms. The number of ether oxygens (including phenoxy) is 1. The van der Waals surface area contributed by atoms with Gasteiger partial charge in [-0.1, -0.05) is 48.0 Å². The van der Waals surface area contributed by atoms with Crippen molar-refractivity contribution in [1.82, 2.24) is 4.90 Å². The Balaban J connectivity index is 1.43. The number of aryl methyl sites for hydroxylation is 1. The molecule has 1 saturated heterocycles. The molecule has 0 N–H and O–H groups in total. The number of hydrogen-bond donors (Lipinski definition) is 0. The Morgan fingerprint density at radius 1 is 1.00 bits per heavy atom. The minimum absolute atomic E-state index is 0.116. The first kappa shape index (κ1) is 25.0. The zero-order valence-electron chi connectivity index (χ0n) is 19.4. The van der Waals surface area contributed by atoms with Crippen LogP contribution in [-0.4, -0.2) is 37.0 Å². The number of nitriles is 1. The van der Waals surface area contributed by atoms with Crippen molar-refractivity contribution < 1.29 is 9.53 Å². The topological polar surface area (TPSA) is 56.6 Å². The minimum Gasteiger partial charge on any atom is -0.487 e. The largest absolute Gasteiger partial charge is 0.487 e. The summed E-state index contributed by atoms with van der Waals surface area (Å²) in [5.41, 5.74) is 4.26. The van der Waals surface area contributed by atoms with E-state index < -0.39 is 0 Å². The second kappa shape index (κ2) is 11.6. The SMILES string of the molecule is Cc1cccc(COc2c(Br)cc(/C=C(/C#N)C(=O)N3CCN(c4ccccc4)CC3)cc2Br)c1. The van der Waals surface area contributed by atoms with Crippen molar-refractivity contribution in [3.8, 4) is 11.8 Å². The second-order valence-electron chi connectivity index (χ2n) is 8.38. The van der Waals surface area contributed by atoms with E-state index in [-0.39, 0.29) is 11.5 Å². The number of para-hydroxylation sites is 1. The van der Waals surface area contributed by atoms with Gasteiger partial charge in [0.25, 0.3) is 5.91 Å². The lowest BCUT2D eigenvalue weighted by atomic mass is 10.1. The Bertz CT molecular complexity index is 1250. The Hall–Kier alpha value is -3.08. The molecular weight excluding hydrogens is 570 g/mol. The molecule has 178 valence electrons. The molecule has 0 bridgehead atoms. The molecular formula is C28H25Br2N3O2. The Morgan fingerprint density at radius 3 is 2.31 bits per heavy atom. The number of piperazine rings is 1. The fraction of sp³-hybridized carbons (Fsp3) is 0.214. The van der Waals surface area contributed by atoms with Gasteiger partial charge in [-0.15, -0.1) is 0 Å².